The number of aliphatic hydroxyl groups excluding tert-OH is 2. The minimum atomic E-state index is -0.766. The summed E-state index contributed by atoms with van der Waals surface area (Å²) < 4.78 is 5.25. The zero-order valence-corrected chi connectivity index (χ0v) is 10.2. The van der Waals surface area contributed by atoms with Crippen LogP contribution in [0.15, 0.2) is 12.4 Å². The SMILES string of the molecule is CCOc1cc(NC(CC)(CO)CO)ncn1. The van der Waals surface area contributed by atoms with Gasteiger partial charge >= 0.3 is 0 Å². The van der Waals surface area contributed by atoms with Crippen molar-refractivity contribution in [2.45, 2.75) is 25.8 Å². The van der Waals surface area contributed by atoms with E-state index in [-0.39, 0.29) is 13.2 Å². The second kappa shape index (κ2) is 6.36. The average molecular weight is 241 g/mol. The van der Waals surface area contributed by atoms with Gasteiger partial charge in [0.1, 0.15) is 12.1 Å². The average Bonchev–Trinajstić information content (AvgIpc) is 2.37. The van der Waals surface area contributed by atoms with Crippen molar-refractivity contribution in [2.24, 2.45) is 0 Å². The second-order valence-corrected chi connectivity index (χ2v) is 3.75. The van der Waals surface area contributed by atoms with Crippen LogP contribution in [0.2, 0.25) is 0 Å². The number of aliphatic hydroxyl groups is 2. The maximum absolute atomic E-state index is 9.31. The molecule has 0 spiro atoms. The van der Waals surface area contributed by atoms with Crippen molar-refractivity contribution >= 4 is 5.82 Å². The summed E-state index contributed by atoms with van der Waals surface area (Å²) in [7, 11) is 0. The minimum Gasteiger partial charge on any atom is -0.478 e. The molecule has 0 atom stereocenters. The number of anilines is 1. The van der Waals surface area contributed by atoms with Crippen molar-refractivity contribution in [2.75, 3.05) is 25.1 Å². The lowest BCUT2D eigenvalue weighted by molar-refractivity contribution is 0.132. The van der Waals surface area contributed by atoms with Gasteiger partial charge in [-0.2, -0.15) is 0 Å². The van der Waals surface area contributed by atoms with Crippen molar-refractivity contribution in [3.63, 3.8) is 0 Å². The molecule has 0 radical (unpaired) electrons. The van der Waals surface area contributed by atoms with E-state index in [4.69, 9.17) is 4.74 Å². The number of hydrogen-bond acceptors (Lipinski definition) is 6. The van der Waals surface area contributed by atoms with Gasteiger partial charge in [-0.3, -0.25) is 0 Å². The van der Waals surface area contributed by atoms with Gasteiger partial charge in [0.25, 0.3) is 0 Å². The Kier molecular flexibility index (Phi) is 5.11. The molecule has 0 fully saturated rings. The van der Waals surface area contributed by atoms with Crippen LogP contribution < -0.4 is 10.1 Å². The minimum absolute atomic E-state index is 0.173. The summed E-state index contributed by atoms with van der Waals surface area (Å²) in [6.45, 7) is 3.92. The number of aromatic nitrogens is 2. The first kappa shape index (κ1) is 13.7. The molecule has 0 aromatic carbocycles. The smallest absolute Gasteiger partial charge is 0.218 e. The fourth-order valence-electron chi connectivity index (χ4n) is 1.35. The van der Waals surface area contributed by atoms with Gasteiger partial charge < -0.3 is 20.3 Å². The summed E-state index contributed by atoms with van der Waals surface area (Å²) in [4.78, 5) is 7.96. The Hall–Kier alpha value is -1.40. The monoisotopic (exact) mass is 241 g/mol. The molecule has 1 heterocycles. The van der Waals surface area contributed by atoms with Gasteiger partial charge in [-0.05, 0) is 13.3 Å². The molecule has 0 aliphatic rings. The predicted octanol–water partition coefficient (Wildman–Crippen LogP) is 0.421. The fourth-order valence-corrected chi connectivity index (χ4v) is 1.35. The topological polar surface area (TPSA) is 87.5 Å². The maximum atomic E-state index is 9.31. The van der Waals surface area contributed by atoms with Crippen LogP contribution in [-0.4, -0.2) is 45.5 Å². The summed E-state index contributed by atoms with van der Waals surface area (Å²) in [6, 6.07) is 1.64. The molecule has 0 bridgehead atoms. The van der Waals surface area contributed by atoms with Crippen LogP contribution in [0.3, 0.4) is 0 Å². The van der Waals surface area contributed by atoms with Crippen LogP contribution in [0.1, 0.15) is 20.3 Å². The normalized spacial score (nSPS) is 11.3. The summed E-state index contributed by atoms with van der Waals surface area (Å²) in [5, 5.41) is 21.6. The Bertz CT molecular complexity index is 334. The van der Waals surface area contributed by atoms with E-state index in [1.807, 2.05) is 13.8 Å². The van der Waals surface area contributed by atoms with Gasteiger partial charge in [-0.15, -0.1) is 0 Å². The molecule has 1 aromatic heterocycles. The first-order valence-corrected chi connectivity index (χ1v) is 5.64. The van der Waals surface area contributed by atoms with Crippen LogP contribution in [0.4, 0.5) is 5.82 Å². The van der Waals surface area contributed by atoms with E-state index in [2.05, 4.69) is 15.3 Å². The van der Waals surface area contributed by atoms with E-state index >= 15 is 0 Å². The molecular weight excluding hydrogens is 222 g/mol. The Morgan fingerprint density at radius 1 is 1.29 bits per heavy atom. The Balaban J connectivity index is 2.82. The Morgan fingerprint density at radius 2 is 2.00 bits per heavy atom. The third kappa shape index (κ3) is 3.54. The number of hydrogen-bond donors (Lipinski definition) is 3. The van der Waals surface area contributed by atoms with Crippen LogP contribution in [0, 0.1) is 0 Å². The number of rotatable bonds is 7. The number of nitrogens with one attached hydrogen (secondary N) is 1. The molecule has 6 heteroatoms. The highest BCUT2D eigenvalue weighted by Gasteiger charge is 2.26. The van der Waals surface area contributed by atoms with E-state index in [1.165, 1.54) is 6.33 Å². The summed E-state index contributed by atoms with van der Waals surface area (Å²) in [5.41, 5.74) is -0.766. The van der Waals surface area contributed by atoms with E-state index in [1.54, 1.807) is 6.07 Å². The van der Waals surface area contributed by atoms with E-state index in [0.29, 0.717) is 24.7 Å². The lowest BCUT2D eigenvalue weighted by Gasteiger charge is -2.30. The van der Waals surface area contributed by atoms with Crippen molar-refractivity contribution in [1.82, 2.24) is 9.97 Å². The van der Waals surface area contributed by atoms with Gasteiger partial charge in [0.15, 0.2) is 0 Å². The molecule has 1 aromatic rings. The highest BCUT2D eigenvalue weighted by Crippen LogP contribution is 2.18. The zero-order chi connectivity index (χ0) is 12.7. The largest absolute Gasteiger partial charge is 0.478 e. The first-order valence-electron chi connectivity index (χ1n) is 5.64. The van der Waals surface area contributed by atoms with Crippen molar-refractivity contribution in [3.8, 4) is 5.88 Å². The van der Waals surface area contributed by atoms with Crippen molar-refractivity contribution in [1.29, 1.82) is 0 Å². The molecule has 0 amide bonds. The first-order chi connectivity index (χ1) is 8.19. The van der Waals surface area contributed by atoms with Gasteiger partial charge in [0.2, 0.25) is 5.88 Å². The van der Waals surface area contributed by atoms with Crippen LogP contribution >= 0.6 is 0 Å². The van der Waals surface area contributed by atoms with E-state index in [0.717, 1.165) is 0 Å². The fraction of sp³-hybridized carbons (Fsp3) is 0.636. The lowest BCUT2D eigenvalue weighted by Crippen LogP contribution is -2.45. The molecule has 0 aliphatic heterocycles. The molecule has 0 unspecified atom stereocenters. The quantitative estimate of drug-likeness (QED) is 0.641. The molecular formula is C11H19N3O3. The molecule has 17 heavy (non-hydrogen) atoms. The van der Waals surface area contributed by atoms with E-state index in [9.17, 15) is 10.2 Å². The second-order valence-electron chi connectivity index (χ2n) is 3.75. The van der Waals surface area contributed by atoms with Crippen molar-refractivity contribution in [3.05, 3.63) is 12.4 Å². The molecule has 0 saturated heterocycles. The standard InChI is InChI=1S/C11H19N3O3/c1-3-11(6-15,7-16)14-9-5-10(17-4-2)13-8-12-9/h5,8,15-16H,3-4,6-7H2,1-2H3,(H,12,13,14). The van der Waals surface area contributed by atoms with Crippen LogP contribution in [-0.2, 0) is 0 Å². The molecule has 1 rings (SSSR count). The highest BCUT2D eigenvalue weighted by atomic mass is 16.5. The third-order valence-electron chi connectivity index (χ3n) is 2.61. The number of ether oxygens (including phenoxy) is 1. The molecule has 0 saturated carbocycles. The van der Waals surface area contributed by atoms with Gasteiger partial charge in [0, 0.05) is 6.07 Å². The van der Waals surface area contributed by atoms with Crippen molar-refractivity contribution < 1.29 is 14.9 Å². The van der Waals surface area contributed by atoms with E-state index < -0.39 is 5.54 Å². The molecule has 6 nitrogen and oxygen atoms in total. The highest BCUT2D eigenvalue weighted by molar-refractivity contribution is 5.40. The Morgan fingerprint density at radius 3 is 2.53 bits per heavy atom. The molecule has 0 aliphatic carbocycles. The van der Waals surface area contributed by atoms with Gasteiger partial charge in [0.05, 0.1) is 25.4 Å². The predicted molar refractivity (Wildman–Crippen MR) is 64.0 cm³/mol. The summed E-state index contributed by atoms with van der Waals surface area (Å²) in [5.74, 6) is 0.985. The van der Waals surface area contributed by atoms with Crippen LogP contribution in [0.5, 0.6) is 5.88 Å². The van der Waals surface area contributed by atoms with Gasteiger partial charge in [-0.25, -0.2) is 9.97 Å². The third-order valence-corrected chi connectivity index (χ3v) is 2.61. The van der Waals surface area contributed by atoms with Gasteiger partial charge in [-0.1, -0.05) is 6.92 Å². The summed E-state index contributed by atoms with van der Waals surface area (Å²) in [6.07, 6.45) is 1.95. The maximum Gasteiger partial charge on any atom is 0.218 e. The van der Waals surface area contributed by atoms with Crippen LogP contribution in [0.25, 0.3) is 0 Å². The molecule has 96 valence electrons. The molecule has 3 N–H and O–H groups in total. The summed E-state index contributed by atoms with van der Waals surface area (Å²) >= 11 is 0. The zero-order valence-electron chi connectivity index (χ0n) is 10.2. The Labute approximate surface area is 101 Å². The lowest BCUT2D eigenvalue weighted by atomic mass is 9.98. The number of nitrogens with zero attached hydrogens (tertiary/aromatic N) is 2.